The number of ether oxygens (including phenoxy) is 1. The van der Waals surface area contributed by atoms with Crippen molar-refractivity contribution in [3.63, 3.8) is 0 Å². The predicted octanol–water partition coefficient (Wildman–Crippen LogP) is 3.74. The van der Waals surface area contributed by atoms with E-state index in [0.29, 0.717) is 6.42 Å². The molecule has 5 nitrogen and oxygen atoms in total. The van der Waals surface area contributed by atoms with Crippen molar-refractivity contribution in [3.8, 4) is 0 Å². The fourth-order valence-corrected chi connectivity index (χ4v) is 4.48. The number of hydrogen-bond donors (Lipinski definition) is 1. The smallest absolute Gasteiger partial charge is 0.270 e. The highest BCUT2D eigenvalue weighted by Crippen LogP contribution is 2.38. The Morgan fingerprint density at radius 3 is 1.67 bits per heavy atom. The molecule has 6 heteroatoms. The highest BCUT2D eigenvalue weighted by atomic mass is 32.2. The van der Waals surface area contributed by atoms with Crippen LogP contribution in [0.5, 0.6) is 0 Å². The van der Waals surface area contributed by atoms with Crippen molar-refractivity contribution in [2.24, 2.45) is 5.41 Å². The molecule has 0 unspecified atom stereocenters. The monoisotopic (exact) mass is 366 g/mol. The lowest BCUT2D eigenvalue weighted by Crippen LogP contribution is -2.62. The maximum Gasteiger partial charge on any atom is 0.270 e. The first-order valence-electron chi connectivity index (χ1n) is 8.53. The third-order valence-electron chi connectivity index (χ3n) is 5.48. The van der Waals surface area contributed by atoms with Crippen LogP contribution in [0.15, 0.2) is 0 Å². The quantitative estimate of drug-likeness (QED) is 0.499. The van der Waals surface area contributed by atoms with Crippen LogP contribution < -0.4 is 0 Å². The van der Waals surface area contributed by atoms with Crippen molar-refractivity contribution in [2.45, 2.75) is 84.1 Å². The molecule has 0 aromatic rings. The van der Waals surface area contributed by atoms with Crippen LogP contribution in [-0.4, -0.2) is 61.1 Å². The first-order valence-corrected chi connectivity index (χ1v) is 9.97. The average molecular weight is 367 g/mol. The molecule has 0 atom stereocenters. The lowest BCUT2D eigenvalue weighted by Gasteiger charge is -2.51. The molecule has 0 rings (SSSR count). The van der Waals surface area contributed by atoms with E-state index in [4.69, 9.17) is 4.74 Å². The molecule has 0 aliphatic carbocycles. The first-order chi connectivity index (χ1) is 10.2. The molecule has 0 radical (unpaired) electrons. The van der Waals surface area contributed by atoms with E-state index >= 15 is 0 Å². The van der Waals surface area contributed by atoms with Crippen molar-refractivity contribution in [2.75, 3.05) is 27.7 Å². The Kier molecular flexibility index (Phi) is 6.81. The highest BCUT2D eigenvalue weighted by Gasteiger charge is 2.46. The maximum absolute atomic E-state index is 11.7. The summed E-state index contributed by atoms with van der Waals surface area (Å²) >= 11 is 0. The van der Waals surface area contributed by atoms with Crippen molar-refractivity contribution in [1.29, 1.82) is 0 Å². The van der Waals surface area contributed by atoms with E-state index in [1.807, 2.05) is 0 Å². The van der Waals surface area contributed by atoms with E-state index in [1.165, 1.54) is 0 Å². The molecule has 0 saturated heterocycles. The second-order valence-electron chi connectivity index (χ2n) is 10.4. The summed E-state index contributed by atoms with van der Waals surface area (Å²) in [7, 11) is 1.99. The molecule has 0 aromatic carbocycles. The van der Waals surface area contributed by atoms with Crippen LogP contribution in [0.3, 0.4) is 0 Å². The summed E-state index contributed by atoms with van der Waals surface area (Å²) in [6, 6.07) is 0. The minimum Gasteiger partial charge on any atom is -0.379 e. The van der Waals surface area contributed by atoms with Gasteiger partial charge in [0, 0.05) is 18.9 Å². The molecule has 0 aromatic heterocycles. The van der Waals surface area contributed by atoms with Crippen molar-refractivity contribution >= 4 is 10.1 Å². The lowest BCUT2D eigenvalue weighted by molar-refractivity contribution is -0.944. The first kappa shape index (κ1) is 23.8. The molecule has 0 aliphatic rings. The van der Waals surface area contributed by atoms with E-state index in [1.54, 1.807) is 21.0 Å². The maximum atomic E-state index is 11.7. The third kappa shape index (κ3) is 6.28. The van der Waals surface area contributed by atoms with Gasteiger partial charge < -0.3 is 9.22 Å². The SMILES string of the molecule is COC(C)(C)CC(C)(C)[N+](C)(C)CC(C)(C)CC(C)(C)S(=O)(=O)O. The number of rotatable bonds is 9. The normalized spacial score (nSPS) is 15.7. The van der Waals surface area contributed by atoms with Crippen LogP contribution in [0.1, 0.15) is 68.2 Å². The van der Waals surface area contributed by atoms with E-state index in [-0.39, 0.29) is 16.6 Å². The summed E-state index contributed by atoms with van der Waals surface area (Å²) in [5.74, 6) is 0. The summed E-state index contributed by atoms with van der Waals surface area (Å²) in [6.07, 6.45) is 1.27. The standard InChI is InChI=1S/C18H39NO4S/c1-15(2,12-18(7,8)24(20,21)22)14-19(9,10)16(3,4)13-17(5,6)23-11/h12-14H2,1-11H3/p+1. The Morgan fingerprint density at radius 2 is 1.33 bits per heavy atom. The van der Waals surface area contributed by atoms with Crippen molar-refractivity contribution < 1.29 is 22.2 Å². The molecule has 0 heterocycles. The Hall–Kier alpha value is -0.170. The van der Waals surface area contributed by atoms with Gasteiger partial charge in [-0.25, -0.2) is 0 Å². The Bertz CT molecular complexity index is 531. The van der Waals surface area contributed by atoms with Crippen LogP contribution >= 0.6 is 0 Å². The van der Waals surface area contributed by atoms with Gasteiger partial charge in [-0.2, -0.15) is 8.42 Å². The number of methoxy groups -OCH3 is 1. The molecule has 1 N–H and O–H groups in total. The number of nitrogens with zero attached hydrogens (tertiary/aromatic N) is 1. The zero-order valence-corrected chi connectivity index (χ0v) is 18.5. The Morgan fingerprint density at radius 1 is 0.917 bits per heavy atom. The fourth-order valence-electron chi connectivity index (χ4n) is 3.91. The van der Waals surface area contributed by atoms with Gasteiger partial charge in [0.2, 0.25) is 0 Å². The highest BCUT2D eigenvalue weighted by molar-refractivity contribution is 7.87. The Balaban J connectivity index is 5.40. The van der Waals surface area contributed by atoms with Gasteiger partial charge in [0.05, 0.1) is 36.5 Å². The minimum absolute atomic E-state index is 0.0565. The van der Waals surface area contributed by atoms with Gasteiger partial charge in [-0.15, -0.1) is 0 Å². The fraction of sp³-hybridized carbons (Fsp3) is 1.00. The van der Waals surface area contributed by atoms with Crippen LogP contribution in [-0.2, 0) is 14.9 Å². The molecule has 0 aliphatic heterocycles. The summed E-state index contributed by atoms with van der Waals surface area (Å²) < 4.78 is 38.0. The second kappa shape index (κ2) is 6.86. The molecular formula is C18H40NO4S+. The molecule has 0 saturated carbocycles. The topological polar surface area (TPSA) is 63.6 Å². The zero-order chi connectivity index (χ0) is 19.8. The van der Waals surface area contributed by atoms with E-state index in [0.717, 1.165) is 17.4 Å². The molecule has 0 amide bonds. The predicted molar refractivity (Wildman–Crippen MR) is 101 cm³/mol. The van der Waals surface area contributed by atoms with Gasteiger partial charge >= 0.3 is 0 Å². The largest absolute Gasteiger partial charge is 0.379 e. The van der Waals surface area contributed by atoms with Gasteiger partial charge in [-0.05, 0) is 48.0 Å². The average Bonchev–Trinajstić information content (AvgIpc) is 2.22. The summed E-state index contributed by atoms with van der Waals surface area (Å²) in [5.41, 5.74) is -0.535. The van der Waals surface area contributed by atoms with E-state index < -0.39 is 14.9 Å². The molecule has 146 valence electrons. The van der Waals surface area contributed by atoms with Crippen LogP contribution in [0, 0.1) is 5.41 Å². The molecular weight excluding hydrogens is 326 g/mol. The second-order valence-corrected chi connectivity index (χ2v) is 12.4. The Labute approximate surface area is 150 Å². The van der Waals surface area contributed by atoms with Gasteiger partial charge in [0.1, 0.15) is 0 Å². The number of quaternary nitrogens is 1. The summed E-state index contributed by atoms with van der Waals surface area (Å²) in [4.78, 5) is 0. The molecule has 0 fully saturated rings. The van der Waals surface area contributed by atoms with Crippen LogP contribution in [0.25, 0.3) is 0 Å². The number of hydrogen-bond acceptors (Lipinski definition) is 3. The zero-order valence-electron chi connectivity index (χ0n) is 17.6. The van der Waals surface area contributed by atoms with Crippen molar-refractivity contribution in [3.05, 3.63) is 0 Å². The molecule has 24 heavy (non-hydrogen) atoms. The van der Waals surface area contributed by atoms with E-state index in [2.05, 4.69) is 55.6 Å². The minimum atomic E-state index is -4.09. The van der Waals surface area contributed by atoms with E-state index in [9.17, 15) is 13.0 Å². The van der Waals surface area contributed by atoms with Gasteiger partial charge in [-0.3, -0.25) is 4.55 Å². The summed E-state index contributed by atoms with van der Waals surface area (Å²) in [5, 5.41) is 0. The van der Waals surface area contributed by atoms with Gasteiger partial charge in [0.25, 0.3) is 10.1 Å². The van der Waals surface area contributed by atoms with Crippen molar-refractivity contribution in [1.82, 2.24) is 0 Å². The molecule has 0 bridgehead atoms. The third-order valence-corrected chi connectivity index (χ3v) is 7.02. The van der Waals surface area contributed by atoms with Gasteiger partial charge in [-0.1, -0.05) is 13.8 Å². The van der Waals surface area contributed by atoms with Crippen LogP contribution in [0.2, 0.25) is 0 Å². The van der Waals surface area contributed by atoms with Crippen LogP contribution in [0.4, 0.5) is 0 Å². The van der Waals surface area contributed by atoms with Gasteiger partial charge in [0.15, 0.2) is 0 Å². The molecule has 0 spiro atoms. The lowest BCUT2D eigenvalue weighted by atomic mass is 9.79. The summed E-state index contributed by atoms with van der Waals surface area (Å²) in [6.45, 7) is 16.7.